The summed E-state index contributed by atoms with van der Waals surface area (Å²) in [4.78, 5) is 40.7. The lowest BCUT2D eigenvalue weighted by Crippen LogP contribution is -2.50. The van der Waals surface area contributed by atoms with Gasteiger partial charge in [-0.1, -0.05) is 32.0 Å². The van der Waals surface area contributed by atoms with Crippen molar-refractivity contribution in [3.05, 3.63) is 65.7 Å². The summed E-state index contributed by atoms with van der Waals surface area (Å²) < 4.78 is 0. The Morgan fingerprint density at radius 1 is 0.828 bits per heavy atom. The van der Waals surface area contributed by atoms with Crippen LogP contribution >= 0.6 is 0 Å². The quantitative estimate of drug-likeness (QED) is 0.848. The number of nitrogens with one attached hydrogen (secondary N) is 1. The molecule has 29 heavy (non-hydrogen) atoms. The predicted molar refractivity (Wildman–Crippen MR) is 113 cm³/mol. The first-order valence-corrected chi connectivity index (χ1v) is 9.97. The zero-order valence-electron chi connectivity index (χ0n) is 16.9. The fourth-order valence-electron chi connectivity index (χ4n) is 3.31. The number of rotatable bonds is 5. The van der Waals surface area contributed by atoms with Crippen LogP contribution in [0.4, 0.5) is 5.69 Å². The molecule has 0 saturated carbocycles. The molecule has 1 saturated heterocycles. The first-order valence-electron chi connectivity index (χ1n) is 9.97. The van der Waals surface area contributed by atoms with E-state index in [0.29, 0.717) is 55.3 Å². The van der Waals surface area contributed by atoms with Crippen LogP contribution in [0.15, 0.2) is 54.6 Å². The molecular formula is C23H27N3O3. The summed E-state index contributed by atoms with van der Waals surface area (Å²) in [6.45, 7) is 6.28. The third-order valence-electron chi connectivity index (χ3n) is 4.93. The van der Waals surface area contributed by atoms with Gasteiger partial charge in [0.25, 0.3) is 11.8 Å². The molecule has 0 bridgehead atoms. The molecule has 152 valence electrons. The highest BCUT2D eigenvalue weighted by atomic mass is 16.2. The van der Waals surface area contributed by atoms with E-state index < -0.39 is 0 Å². The molecule has 0 aliphatic carbocycles. The molecule has 0 unspecified atom stereocenters. The summed E-state index contributed by atoms with van der Waals surface area (Å²) in [6, 6.07) is 15.9. The second kappa shape index (κ2) is 9.37. The number of carbonyl (C=O) groups is 3. The number of hydrogen-bond donors (Lipinski definition) is 1. The van der Waals surface area contributed by atoms with Crippen LogP contribution < -0.4 is 5.32 Å². The summed E-state index contributed by atoms with van der Waals surface area (Å²) in [5.74, 6) is 0.252. The minimum Gasteiger partial charge on any atom is -0.339 e. The lowest BCUT2D eigenvalue weighted by Gasteiger charge is -2.35. The average Bonchev–Trinajstić information content (AvgIpc) is 2.74. The topological polar surface area (TPSA) is 69.7 Å². The van der Waals surface area contributed by atoms with Gasteiger partial charge in [-0.05, 0) is 42.3 Å². The molecule has 6 nitrogen and oxygen atoms in total. The molecule has 1 fully saturated rings. The first kappa shape index (κ1) is 20.6. The Labute approximate surface area is 171 Å². The standard InChI is InChI=1S/C23H27N3O3/c1-17(2)16-21(27)25-12-14-26(15-13-25)23(29)19-8-10-20(11-9-19)24-22(28)18-6-4-3-5-7-18/h3-11,17H,12-16H2,1-2H3,(H,24,28). The minimum absolute atomic E-state index is 0.0538. The van der Waals surface area contributed by atoms with Gasteiger partial charge in [0, 0.05) is 49.4 Å². The van der Waals surface area contributed by atoms with Gasteiger partial charge in [-0.2, -0.15) is 0 Å². The van der Waals surface area contributed by atoms with E-state index in [4.69, 9.17) is 0 Å². The molecule has 1 N–H and O–H groups in total. The van der Waals surface area contributed by atoms with Crippen LogP contribution in [0, 0.1) is 5.92 Å². The van der Waals surface area contributed by atoms with E-state index in [1.165, 1.54) is 0 Å². The van der Waals surface area contributed by atoms with Gasteiger partial charge in [0.1, 0.15) is 0 Å². The zero-order valence-corrected chi connectivity index (χ0v) is 16.9. The number of hydrogen-bond acceptors (Lipinski definition) is 3. The van der Waals surface area contributed by atoms with E-state index in [1.54, 1.807) is 41.3 Å². The first-order chi connectivity index (χ1) is 13.9. The summed E-state index contributed by atoms with van der Waals surface area (Å²) in [5.41, 5.74) is 1.79. The lowest BCUT2D eigenvalue weighted by molar-refractivity contribution is -0.133. The minimum atomic E-state index is -0.188. The maximum absolute atomic E-state index is 12.7. The fourth-order valence-corrected chi connectivity index (χ4v) is 3.31. The molecule has 6 heteroatoms. The molecule has 0 radical (unpaired) electrons. The molecule has 1 aliphatic heterocycles. The predicted octanol–water partition coefficient (Wildman–Crippen LogP) is 3.27. The molecule has 0 spiro atoms. The number of carbonyl (C=O) groups excluding carboxylic acids is 3. The van der Waals surface area contributed by atoms with Crippen LogP contribution in [-0.4, -0.2) is 53.7 Å². The second-order valence-electron chi connectivity index (χ2n) is 7.67. The Hall–Kier alpha value is -3.15. The molecule has 3 amide bonds. The highest BCUT2D eigenvalue weighted by Crippen LogP contribution is 2.15. The van der Waals surface area contributed by atoms with Crippen molar-refractivity contribution >= 4 is 23.4 Å². The monoisotopic (exact) mass is 393 g/mol. The number of amides is 3. The van der Waals surface area contributed by atoms with E-state index in [0.717, 1.165) is 0 Å². The Morgan fingerprint density at radius 2 is 1.41 bits per heavy atom. The van der Waals surface area contributed by atoms with Crippen molar-refractivity contribution in [3.8, 4) is 0 Å². The van der Waals surface area contributed by atoms with Crippen molar-refractivity contribution in [2.24, 2.45) is 5.92 Å². The van der Waals surface area contributed by atoms with Gasteiger partial charge in [0.05, 0.1) is 0 Å². The molecule has 3 rings (SSSR count). The highest BCUT2D eigenvalue weighted by Gasteiger charge is 2.25. The van der Waals surface area contributed by atoms with Crippen LogP contribution in [0.2, 0.25) is 0 Å². The third-order valence-corrected chi connectivity index (χ3v) is 4.93. The van der Waals surface area contributed by atoms with Gasteiger partial charge >= 0.3 is 0 Å². The summed E-state index contributed by atoms with van der Waals surface area (Å²) in [6.07, 6.45) is 0.546. The molecule has 2 aromatic carbocycles. The third kappa shape index (κ3) is 5.44. The van der Waals surface area contributed by atoms with Gasteiger partial charge in [0.2, 0.25) is 5.91 Å². The van der Waals surface area contributed by atoms with Gasteiger partial charge in [-0.25, -0.2) is 0 Å². The van der Waals surface area contributed by atoms with Crippen LogP contribution in [0.1, 0.15) is 41.0 Å². The van der Waals surface area contributed by atoms with Crippen molar-refractivity contribution in [2.45, 2.75) is 20.3 Å². The van der Waals surface area contributed by atoms with Gasteiger partial charge in [0.15, 0.2) is 0 Å². The zero-order chi connectivity index (χ0) is 20.8. The van der Waals surface area contributed by atoms with Crippen LogP contribution in [-0.2, 0) is 4.79 Å². The van der Waals surface area contributed by atoms with Gasteiger partial charge in [-0.15, -0.1) is 0 Å². The fraction of sp³-hybridized carbons (Fsp3) is 0.348. The van der Waals surface area contributed by atoms with Crippen LogP contribution in [0.25, 0.3) is 0 Å². The van der Waals surface area contributed by atoms with Crippen LogP contribution in [0.5, 0.6) is 0 Å². The molecule has 1 heterocycles. The SMILES string of the molecule is CC(C)CC(=O)N1CCN(C(=O)c2ccc(NC(=O)c3ccccc3)cc2)CC1. The Kier molecular flexibility index (Phi) is 6.65. The summed E-state index contributed by atoms with van der Waals surface area (Å²) in [7, 11) is 0. The molecule has 0 aromatic heterocycles. The maximum atomic E-state index is 12.7. The molecule has 2 aromatic rings. The van der Waals surface area contributed by atoms with E-state index >= 15 is 0 Å². The molecular weight excluding hydrogens is 366 g/mol. The lowest BCUT2D eigenvalue weighted by atomic mass is 10.1. The van der Waals surface area contributed by atoms with Crippen molar-refractivity contribution in [2.75, 3.05) is 31.5 Å². The van der Waals surface area contributed by atoms with Crippen molar-refractivity contribution < 1.29 is 14.4 Å². The largest absolute Gasteiger partial charge is 0.339 e. The Balaban J connectivity index is 1.54. The number of piperazine rings is 1. The number of anilines is 1. The van der Waals surface area contributed by atoms with E-state index in [2.05, 4.69) is 5.32 Å². The van der Waals surface area contributed by atoms with E-state index in [-0.39, 0.29) is 17.7 Å². The molecule has 1 aliphatic rings. The second-order valence-corrected chi connectivity index (χ2v) is 7.67. The van der Waals surface area contributed by atoms with Crippen molar-refractivity contribution in [3.63, 3.8) is 0 Å². The highest BCUT2D eigenvalue weighted by molar-refractivity contribution is 6.04. The maximum Gasteiger partial charge on any atom is 0.255 e. The van der Waals surface area contributed by atoms with Gasteiger partial charge in [-0.3, -0.25) is 14.4 Å². The van der Waals surface area contributed by atoms with Crippen molar-refractivity contribution in [1.82, 2.24) is 9.80 Å². The molecule has 0 atom stereocenters. The van der Waals surface area contributed by atoms with E-state index in [9.17, 15) is 14.4 Å². The normalized spacial score (nSPS) is 14.0. The average molecular weight is 393 g/mol. The summed E-state index contributed by atoms with van der Waals surface area (Å²) in [5, 5.41) is 2.83. The Bertz CT molecular complexity index is 855. The number of nitrogens with zero attached hydrogens (tertiary/aromatic N) is 2. The number of benzene rings is 2. The summed E-state index contributed by atoms with van der Waals surface area (Å²) >= 11 is 0. The van der Waals surface area contributed by atoms with E-state index in [1.807, 2.05) is 36.9 Å². The Morgan fingerprint density at radius 3 is 2.00 bits per heavy atom. The smallest absolute Gasteiger partial charge is 0.255 e. The van der Waals surface area contributed by atoms with Crippen molar-refractivity contribution in [1.29, 1.82) is 0 Å². The van der Waals surface area contributed by atoms with Gasteiger partial charge < -0.3 is 15.1 Å². The van der Waals surface area contributed by atoms with Crippen LogP contribution in [0.3, 0.4) is 0 Å².